The number of aromatic amines is 1. The minimum atomic E-state index is -0.868. The Kier molecular flexibility index (Phi) is 5.43. The lowest BCUT2D eigenvalue weighted by Crippen LogP contribution is -2.26. The summed E-state index contributed by atoms with van der Waals surface area (Å²) in [4.78, 5) is 33.1. The van der Waals surface area contributed by atoms with E-state index in [1.165, 1.54) is 24.8 Å². The molecule has 2 aromatic carbocycles. The Morgan fingerprint density at radius 3 is 2.67 bits per heavy atom. The number of nitrogens with zero attached hydrogens (tertiary/aromatic N) is 5. The fourth-order valence-electron chi connectivity index (χ4n) is 3.69. The number of hydrogen-bond donors (Lipinski definition) is 2. The minimum absolute atomic E-state index is 0.103. The largest absolute Gasteiger partial charge is 0.368 e. The van der Waals surface area contributed by atoms with E-state index in [4.69, 9.17) is 11.6 Å². The molecular formula is C22H16ClF2N7O. The van der Waals surface area contributed by atoms with E-state index in [1.807, 2.05) is 0 Å². The van der Waals surface area contributed by atoms with Crippen LogP contribution in [0, 0.1) is 11.6 Å². The Labute approximate surface area is 190 Å². The van der Waals surface area contributed by atoms with Crippen LogP contribution < -0.4 is 10.9 Å². The molecule has 0 bridgehead atoms. The van der Waals surface area contributed by atoms with E-state index in [0.717, 1.165) is 16.7 Å². The van der Waals surface area contributed by atoms with Gasteiger partial charge < -0.3 is 10.3 Å². The lowest BCUT2D eigenvalue weighted by atomic mass is 10.2. The minimum Gasteiger partial charge on any atom is -0.368 e. The zero-order valence-electron chi connectivity index (χ0n) is 17.0. The molecule has 0 saturated carbocycles. The topological polar surface area (TPSA) is 101 Å². The molecule has 5 aromatic rings. The van der Waals surface area contributed by atoms with Gasteiger partial charge in [0.2, 0.25) is 0 Å². The van der Waals surface area contributed by atoms with Crippen LogP contribution >= 0.6 is 11.6 Å². The third-order valence-electron chi connectivity index (χ3n) is 5.17. The molecule has 0 aliphatic rings. The van der Waals surface area contributed by atoms with Gasteiger partial charge in [0.15, 0.2) is 11.5 Å². The fourth-order valence-corrected chi connectivity index (χ4v) is 3.94. The van der Waals surface area contributed by atoms with Crippen molar-refractivity contribution in [1.29, 1.82) is 0 Å². The number of aromatic nitrogens is 6. The van der Waals surface area contributed by atoms with Gasteiger partial charge in [0.1, 0.15) is 35.0 Å². The molecular weight excluding hydrogens is 452 g/mol. The molecule has 0 amide bonds. The molecule has 0 atom stereocenters. The van der Waals surface area contributed by atoms with Gasteiger partial charge in [0, 0.05) is 13.0 Å². The number of nitrogens with one attached hydrogen (secondary N) is 2. The molecule has 11 heteroatoms. The predicted octanol–water partition coefficient (Wildman–Crippen LogP) is 4.03. The second-order valence-electron chi connectivity index (χ2n) is 7.23. The van der Waals surface area contributed by atoms with Gasteiger partial charge in [0.25, 0.3) is 5.56 Å². The monoisotopic (exact) mass is 467 g/mol. The van der Waals surface area contributed by atoms with Crippen molar-refractivity contribution in [2.75, 3.05) is 11.9 Å². The third-order valence-corrected chi connectivity index (χ3v) is 5.48. The van der Waals surface area contributed by atoms with Crippen molar-refractivity contribution in [2.24, 2.45) is 0 Å². The van der Waals surface area contributed by atoms with Crippen molar-refractivity contribution in [3.05, 3.63) is 81.9 Å². The summed E-state index contributed by atoms with van der Waals surface area (Å²) in [7, 11) is 0. The van der Waals surface area contributed by atoms with Crippen LogP contribution in [-0.4, -0.2) is 36.0 Å². The van der Waals surface area contributed by atoms with E-state index in [9.17, 15) is 13.6 Å². The molecule has 0 aliphatic carbocycles. The number of rotatable bonds is 6. The fraction of sp³-hybridized carbons (Fsp3) is 0.136. The van der Waals surface area contributed by atoms with Crippen LogP contribution in [0.1, 0.15) is 12.2 Å². The lowest BCUT2D eigenvalue weighted by molar-refractivity contribution is 0.560. The van der Waals surface area contributed by atoms with E-state index < -0.39 is 22.9 Å². The van der Waals surface area contributed by atoms with Gasteiger partial charge in [-0.3, -0.25) is 9.36 Å². The average molecular weight is 468 g/mol. The predicted molar refractivity (Wildman–Crippen MR) is 121 cm³/mol. The first-order chi connectivity index (χ1) is 16.0. The van der Waals surface area contributed by atoms with Crippen LogP contribution in [0.3, 0.4) is 0 Å². The lowest BCUT2D eigenvalue weighted by Gasteiger charge is -2.15. The van der Waals surface area contributed by atoms with Crippen LogP contribution in [-0.2, 0) is 6.42 Å². The van der Waals surface area contributed by atoms with Gasteiger partial charge in [-0.25, -0.2) is 28.7 Å². The summed E-state index contributed by atoms with van der Waals surface area (Å²) in [5.74, 6) is -0.942. The highest BCUT2D eigenvalue weighted by atomic mass is 35.5. The highest BCUT2D eigenvalue weighted by Gasteiger charge is 2.20. The second kappa shape index (κ2) is 8.55. The maximum Gasteiger partial charge on any atom is 0.267 e. The van der Waals surface area contributed by atoms with E-state index >= 15 is 0 Å². The highest BCUT2D eigenvalue weighted by molar-refractivity contribution is 6.35. The molecule has 5 rings (SSSR count). The number of H-pyrrole nitrogens is 1. The molecule has 8 nitrogen and oxygen atoms in total. The van der Waals surface area contributed by atoms with E-state index in [2.05, 4.69) is 30.2 Å². The first kappa shape index (κ1) is 21.0. The number of para-hydroxylation sites is 1. The quantitative estimate of drug-likeness (QED) is 0.366. The van der Waals surface area contributed by atoms with Crippen LogP contribution in [0.15, 0.2) is 53.8 Å². The molecule has 0 aliphatic heterocycles. The number of fused-ring (bicyclic) bond motifs is 2. The maximum atomic E-state index is 14.6. The maximum absolute atomic E-state index is 14.6. The van der Waals surface area contributed by atoms with Gasteiger partial charge in [-0.2, -0.15) is 0 Å². The van der Waals surface area contributed by atoms with Gasteiger partial charge in [-0.1, -0.05) is 23.7 Å². The van der Waals surface area contributed by atoms with Gasteiger partial charge in [0.05, 0.1) is 22.3 Å². The molecule has 3 heterocycles. The zero-order chi connectivity index (χ0) is 22.9. The molecule has 0 spiro atoms. The normalized spacial score (nSPS) is 11.4. The summed E-state index contributed by atoms with van der Waals surface area (Å²) in [6, 6.07) is 8.28. The van der Waals surface area contributed by atoms with Gasteiger partial charge >= 0.3 is 0 Å². The molecule has 166 valence electrons. The standard InChI is InChI=1S/C22H16ClF2N7O/c23-12-4-1-7-15-17(12)22(33)32(19-13(24)5-2-6-14(19)25)16(31-15)8-3-9-26-20-18-21(28-10-27-18)30-11-29-20/h1-2,4-7,10-11H,3,8-9H2,(H2,26,27,28,29,30). The van der Waals surface area contributed by atoms with Crippen molar-refractivity contribution >= 4 is 39.5 Å². The van der Waals surface area contributed by atoms with Crippen molar-refractivity contribution in [3.63, 3.8) is 0 Å². The summed E-state index contributed by atoms with van der Waals surface area (Å²) in [5.41, 5.74) is 0.450. The SMILES string of the molecule is O=c1c2c(Cl)cccc2nc(CCCNc2ncnc3nc[nH]c23)n1-c1c(F)cccc1F. The van der Waals surface area contributed by atoms with Crippen LogP contribution in [0.2, 0.25) is 5.02 Å². The van der Waals surface area contributed by atoms with Crippen molar-refractivity contribution in [3.8, 4) is 5.69 Å². The number of halogens is 3. The highest BCUT2D eigenvalue weighted by Crippen LogP contribution is 2.23. The first-order valence-electron chi connectivity index (χ1n) is 10.1. The van der Waals surface area contributed by atoms with Crippen LogP contribution in [0.25, 0.3) is 27.8 Å². The molecule has 0 unspecified atom stereocenters. The van der Waals surface area contributed by atoms with Crippen LogP contribution in [0.5, 0.6) is 0 Å². The molecule has 33 heavy (non-hydrogen) atoms. The van der Waals surface area contributed by atoms with Crippen molar-refractivity contribution in [2.45, 2.75) is 12.8 Å². The number of anilines is 1. The van der Waals surface area contributed by atoms with Crippen LogP contribution in [0.4, 0.5) is 14.6 Å². The van der Waals surface area contributed by atoms with Crippen molar-refractivity contribution in [1.82, 2.24) is 29.5 Å². The summed E-state index contributed by atoms with van der Waals surface area (Å²) in [5, 5.41) is 3.45. The van der Waals surface area contributed by atoms with Gasteiger partial charge in [-0.05, 0) is 30.7 Å². The number of imidazole rings is 1. The van der Waals surface area contributed by atoms with E-state index in [1.54, 1.807) is 12.1 Å². The Morgan fingerprint density at radius 2 is 1.85 bits per heavy atom. The number of aryl methyl sites for hydroxylation is 1. The Bertz CT molecular complexity index is 1530. The molecule has 0 saturated heterocycles. The summed E-state index contributed by atoms with van der Waals surface area (Å²) >= 11 is 6.22. The zero-order valence-corrected chi connectivity index (χ0v) is 17.8. The van der Waals surface area contributed by atoms with E-state index in [-0.39, 0.29) is 22.7 Å². The van der Waals surface area contributed by atoms with E-state index in [0.29, 0.717) is 35.5 Å². The molecule has 2 N–H and O–H groups in total. The summed E-state index contributed by atoms with van der Waals surface area (Å²) < 4.78 is 30.2. The Morgan fingerprint density at radius 1 is 1.06 bits per heavy atom. The second-order valence-corrected chi connectivity index (χ2v) is 7.63. The number of benzene rings is 2. The Hall–Kier alpha value is -3.92. The summed E-state index contributed by atoms with van der Waals surface area (Å²) in [6.07, 6.45) is 3.68. The molecule has 0 radical (unpaired) electrons. The molecule has 3 aromatic heterocycles. The Balaban J connectivity index is 1.50. The smallest absolute Gasteiger partial charge is 0.267 e. The average Bonchev–Trinajstić information content (AvgIpc) is 3.28. The molecule has 0 fully saturated rings. The summed E-state index contributed by atoms with van der Waals surface area (Å²) in [6.45, 7) is 0.453. The van der Waals surface area contributed by atoms with Gasteiger partial charge in [-0.15, -0.1) is 0 Å². The first-order valence-corrected chi connectivity index (χ1v) is 10.4. The number of hydrogen-bond acceptors (Lipinski definition) is 6. The van der Waals surface area contributed by atoms with Crippen molar-refractivity contribution < 1.29 is 8.78 Å². The third kappa shape index (κ3) is 3.78.